The predicted molar refractivity (Wildman–Crippen MR) is 47.3 cm³/mol. The second kappa shape index (κ2) is 3.82. The molecule has 0 amide bonds. The van der Waals surface area contributed by atoms with E-state index in [9.17, 15) is 13.2 Å². The Hall–Kier alpha value is -0.680. The lowest BCUT2D eigenvalue weighted by molar-refractivity contribution is -0.115. The SMILES string of the molecule is C=C(C)C(=O)CN(C)S(C)(=O)=O. The fourth-order valence-corrected chi connectivity index (χ4v) is 0.806. The molecule has 0 saturated heterocycles. The van der Waals surface area contributed by atoms with Crippen molar-refractivity contribution in [2.45, 2.75) is 6.92 Å². The average molecular weight is 191 g/mol. The smallest absolute Gasteiger partial charge is 0.211 e. The summed E-state index contributed by atoms with van der Waals surface area (Å²) in [5, 5.41) is 0. The van der Waals surface area contributed by atoms with Crippen molar-refractivity contribution in [1.82, 2.24) is 4.31 Å². The molecule has 0 unspecified atom stereocenters. The van der Waals surface area contributed by atoms with Gasteiger partial charge in [0.15, 0.2) is 5.78 Å². The predicted octanol–water partition coefficient (Wildman–Crippen LogP) is 0.0230. The van der Waals surface area contributed by atoms with Crippen LogP contribution in [0.1, 0.15) is 6.92 Å². The molecule has 0 bridgehead atoms. The number of sulfonamides is 1. The summed E-state index contributed by atoms with van der Waals surface area (Å²) in [6, 6.07) is 0. The number of nitrogens with zero attached hydrogens (tertiary/aromatic N) is 1. The fourth-order valence-electron chi connectivity index (χ4n) is 0.454. The normalized spacial score (nSPS) is 11.7. The van der Waals surface area contributed by atoms with Gasteiger partial charge in [0.2, 0.25) is 10.0 Å². The van der Waals surface area contributed by atoms with Gasteiger partial charge in [-0.15, -0.1) is 0 Å². The van der Waals surface area contributed by atoms with Gasteiger partial charge in [0.05, 0.1) is 12.8 Å². The molecule has 70 valence electrons. The van der Waals surface area contributed by atoms with Crippen LogP contribution in [-0.4, -0.2) is 38.4 Å². The van der Waals surface area contributed by atoms with Crippen LogP contribution in [0.25, 0.3) is 0 Å². The zero-order valence-electron chi connectivity index (χ0n) is 7.49. The first-order valence-electron chi connectivity index (χ1n) is 3.35. The van der Waals surface area contributed by atoms with E-state index in [1.807, 2.05) is 0 Å². The molecular formula is C7H13NO3S. The van der Waals surface area contributed by atoms with Crippen molar-refractivity contribution in [3.05, 3.63) is 12.2 Å². The Labute approximate surface area is 72.9 Å². The zero-order valence-corrected chi connectivity index (χ0v) is 8.31. The number of Topliss-reactive ketones (excluding diaryl/α,β-unsaturated/α-hetero) is 1. The van der Waals surface area contributed by atoms with Gasteiger partial charge in [-0.1, -0.05) is 6.58 Å². The molecule has 5 heteroatoms. The highest BCUT2D eigenvalue weighted by atomic mass is 32.2. The minimum Gasteiger partial charge on any atom is -0.293 e. The van der Waals surface area contributed by atoms with E-state index in [4.69, 9.17) is 0 Å². The zero-order chi connectivity index (χ0) is 9.94. The van der Waals surface area contributed by atoms with Crippen molar-refractivity contribution in [2.75, 3.05) is 19.8 Å². The summed E-state index contributed by atoms with van der Waals surface area (Å²) >= 11 is 0. The summed E-state index contributed by atoms with van der Waals surface area (Å²) in [6.45, 7) is 4.84. The maximum Gasteiger partial charge on any atom is 0.211 e. The Morgan fingerprint density at radius 3 is 2.17 bits per heavy atom. The van der Waals surface area contributed by atoms with E-state index in [0.717, 1.165) is 10.6 Å². The Bertz CT molecular complexity index is 292. The molecular weight excluding hydrogens is 178 g/mol. The molecule has 0 fully saturated rings. The van der Waals surface area contributed by atoms with Crippen molar-refractivity contribution in [2.24, 2.45) is 0 Å². The van der Waals surface area contributed by atoms with Crippen molar-refractivity contribution in [1.29, 1.82) is 0 Å². The number of carbonyl (C=O) groups is 1. The summed E-state index contributed by atoms with van der Waals surface area (Å²) in [4.78, 5) is 11.0. The van der Waals surface area contributed by atoms with Crippen molar-refractivity contribution in [3.8, 4) is 0 Å². The highest BCUT2D eigenvalue weighted by molar-refractivity contribution is 7.88. The number of rotatable bonds is 4. The van der Waals surface area contributed by atoms with Gasteiger partial charge in [-0.2, -0.15) is 4.31 Å². The van der Waals surface area contributed by atoms with Crippen molar-refractivity contribution >= 4 is 15.8 Å². The Kier molecular flexibility index (Phi) is 3.60. The molecule has 0 aliphatic heterocycles. The standard InChI is InChI=1S/C7H13NO3S/c1-6(2)7(9)5-8(3)12(4,10)11/h1,5H2,2-4H3. The monoisotopic (exact) mass is 191 g/mol. The van der Waals surface area contributed by atoms with Gasteiger partial charge in [0.1, 0.15) is 0 Å². The number of likely N-dealkylation sites (N-methyl/N-ethyl adjacent to an activating group) is 1. The summed E-state index contributed by atoms with van der Waals surface area (Å²) < 4.78 is 22.7. The molecule has 0 radical (unpaired) electrons. The highest BCUT2D eigenvalue weighted by Gasteiger charge is 2.14. The first-order valence-corrected chi connectivity index (χ1v) is 5.20. The van der Waals surface area contributed by atoms with Crippen LogP contribution in [0.4, 0.5) is 0 Å². The molecule has 0 atom stereocenters. The molecule has 0 aromatic carbocycles. The van der Waals surface area contributed by atoms with E-state index in [1.165, 1.54) is 7.05 Å². The molecule has 0 aromatic heterocycles. The minimum absolute atomic E-state index is 0.131. The molecule has 12 heavy (non-hydrogen) atoms. The maximum atomic E-state index is 11.0. The van der Waals surface area contributed by atoms with Gasteiger partial charge in [0.25, 0.3) is 0 Å². The van der Waals surface area contributed by atoms with Gasteiger partial charge in [-0.25, -0.2) is 8.42 Å². The fraction of sp³-hybridized carbons (Fsp3) is 0.571. The number of carbonyl (C=O) groups excluding carboxylic acids is 1. The van der Waals surface area contributed by atoms with Gasteiger partial charge in [-0.05, 0) is 12.5 Å². The third-order valence-electron chi connectivity index (χ3n) is 1.41. The van der Waals surface area contributed by atoms with Gasteiger partial charge in [0, 0.05) is 7.05 Å². The van der Waals surface area contributed by atoms with E-state index in [-0.39, 0.29) is 12.3 Å². The average Bonchev–Trinajstić information content (AvgIpc) is 1.85. The van der Waals surface area contributed by atoms with E-state index in [2.05, 4.69) is 6.58 Å². The molecule has 0 aromatic rings. The summed E-state index contributed by atoms with van der Waals surface area (Å²) in [5.41, 5.74) is 0.366. The lowest BCUT2D eigenvalue weighted by atomic mass is 10.2. The van der Waals surface area contributed by atoms with Crippen LogP contribution in [0.2, 0.25) is 0 Å². The largest absolute Gasteiger partial charge is 0.293 e. The molecule has 0 aliphatic rings. The van der Waals surface area contributed by atoms with E-state index in [0.29, 0.717) is 5.57 Å². The lowest BCUT2D eigenvalue weighted by Gasteiger charge is -2.12. The van der Waals surface area contributed by atoms with E-state index >= 15 is 0 Å². The van der Waals surface area contributed by atoms with E-state index in [1.54, 1.807) is 6.92 Å². The highest BCUT2D eigenvalue weighted by Crippen LogP contribution is 1.97. The van der Waals surface area contributed by atoms with Crippen LogP contribution in [-0.2, 0) is 14.8 Å². The number of hydrogen-bond donors (Lipinski definition) is 0. The van der Waals surface area contributed by atoms with Crippen LogP contribution in [0.3, 0.4) is 0 Å². The molecule has 0 rings (SSSR count). The summed E-state index contributed by atoms with van der Waals surface area (Å²) in [6.07, 6.45) is 1.05. The third-order valence-corrected chi connectivity index (χ3v) is 2.67. The molecule has 0 N–H and O–H groups in total. The lowest BCUT2D eigenvalue weighted by Crippen LogP contribution is -2.31. The van der Waals surface area contributed by atoms with Crippen LogP contribution in [0, 0.1) is 0 Å². The van der Waals surface area contributed by atoms with Crippen molar-refractivity contribution < 1.29 is 13.2 Å². The second-order valence-electron chi connectivity index (χ2n) is 2.72. The molecule has 0 spiro atoms. The Balaban J connectivity index is 4.31. The number of hydrogen-bond acceptors (Lipinski definition) is 3. The summed E-state index contributed by atoms with van der Waals surface area (Å²) in [7, 11) is -1.90. The first-order chi connectivity index (χ1) is 5.25. The molecule has 0 saturated carbocycles. The van der Waals surface area contributed by atoms with Gasteiger partial charge in [-0.3, -0.25) is 4.79 Å². The first kappa shape index (κ1) is 11.3. The van der Waals surface area contributed by atoms with Crippen LogP contribution in [0.15, 0.2) is 12.2 Å². The molecule has 0 aliphatic carbocycles. The van der Waals surface area contributed by atoms with Gasteiger partial charge < -0.3 is 0 Å². The van der Waals surface area contributed by atoms with E-state index < -0.39 is 10.0 Å². The maximum absolute atomic E-state index is 11.0. The number of ketones is 1. The van der Waals surface area contributed by atoms with Crippen LogP contribution < -0.4 is 0 Å². The summed E-state index contributed by atoms with van der Waals surface area (Å²) in [5.74, 6) is -0.261. The van der Waals surface area contributed by atoms with Crippen LogP contribution >= 0.6 is 0 Å². The second-order valence-corrected chi connectivity index (χ2v) is 4.81. The Morgan fingerprint density at radius 1 is 1.50 bits per heavy atom. The van der Waals surface area contributed by atoms with Crippen molar-refractivity contribution in [3.63, 3.8) is 0 Å². The quantitative estimate of drug-likeness (QED) is 0.589. The minimum atomic E-state index is -3.26. The van der Waals surface area contributed by atoms with Gasteiger partial charge >= 0.3 is 0 Å². The molecule has 0 heterocycles. The van der Waals surface area contributed by atoms with Crippen LogP contribution in [0.5, 0.6) is 0 Å². The Morgan fingerprint density at radius 2 is 1.92 bits per heavy atom. The molecule has 4 nitrogen and oxygen atoms in total. The topological polar surface area (TPSA) is 54.5 Å². The third kappa shape index (κ3) is 3.64.